The summed E-state index contributed by atoms with van der Waals surface area (Å²) in [7, 11) is 1.99. The third-order valence-corrected chi connectivity index (χ3v) is 3.15. The van der Waals surface area contributed by atoms with E-state index in [1.807, 2.05) is 30.1 Å². The van der Waals surface area contributed by atoms with E-state index < -0.39 is 0 Å². The highest BCUT2D eigenvalue weighted by atomic mass is 35.5. The van der Waals surface area contributed by atoms with E-state index in [2.05, 4.69) is 18.3 Å². The van der Waals surface area contributed by atoms with Crippen LogP contribution in [0.5, 0.6) is 0 Å². The highest BCUT2D eigenvalue weighted by molar-refractivity contribution is 7.80. The topological polar surface area (TPSA) is 15.3 Å². The smallest absolute Gasteiger partial charge is 0.168 e. The number of halogens is 1. The van der Waals surface area contributed by atoms with Crippen molar-refractivity contribution in [2.24, 2.45) is 0 Å². The van der Waals surface area contributed by atoms with Gasteiger partial charge in [-0.1, -0.05) is 37.1 Å². The number of hydrogen-bond donors (Lipinski definition) is 1. The molecule has 0 heterocycles. The van der Waals surface area contributed by atoms with Crippen molar-refractivity contribution in [1.29, 1.82) is 0 Å². The molecule has 0 aromatic heterocycles. The second-order valence-corrected chi connectivity index (χ2v) is 4.89. The molecule has 0 amide bonds. The van der Waals surface area contributed by atoms with Gasteiger partial charge in [-0.3, -0.25) is 0 Å². The molecule has 0 spiro atoms. The van der Waals surface area contributed by atoms with Crippen molar-refractivity contribution in [3.63, 3.8) is 0 Å². The largest absolute Gasteiger partial charge is 0.363 e. The molecule has 2 nitrogen and oxygen atoms in total. The second kappa shape index (κ2) is 7.51. The number of benzene rings is 1. The molecule has 0 aliphatic rings. The predicted molar refractivity (Wildman–Crippen MR) is 78.4 cm³/mol. The van der Waals surface area contributed by atoms with Crippen LogP contribution in [0.1, 0.15) is 25.3 Å². The van der Waals surface area contributed by atoms with Crippen molar-refractivity contribution in [1.82, 2.24) is 10.2 Å². The normalized spacial score (nSPS) is 10.1. The summed E-state index contributed by atoms with van der Waals surface area (Å²) in [4.78, 5) is 2.02. The van der Waals surface area contributed by atoms with Gasteiger partial charge in [0.05, 0.1) is 0 Å². The van der Waals surface area contributed by atoms with Crippen LogP contribution in [0.15, 0.2) is 24.3 Å². The molecule has 1 aromatic rings. The standard InChI is InChI=1S/C13H19ClN2S/c1-3-4-8-15-13(17)16(2)10-11-6-5-7-12(14)9-11/h5-7,9H,3-4,8,10H2,1-2H3,(H,15,17). The van der Waals surface area contributed by atoms with Gasteiger partial charge in [-0.15, -0.1) is 0 Å². The van der Waals surface area contributed by atoms with Crippen LogP contribution in [0.4, 0.5) is 0 Å². The Morgan fingerprint density at radius 2 is 2.24 bits per heavy atom. The molecule has 94 valence electrons. The molecule has 0 fully saturated rings. The first-order valence-corrected chi connectivity index (χ1v) is 6.65. The van der Waals surface area contributed by atoms with Crippen LogP contribution < -0.4 is 5.32 Å². The van der Waals surface area contributed by atoms with Gasteiger partial charge in [0.15, 0.2) is 5.11 Å². The van der Waals surface area contributed by atoms with Gasteiger partial charge >= 0.3 is 0 Å². The minimum atomic E-state index is 0.765. The van der Waals surface area contributed by atoms with Gasteiger partial charge in [0.1, 0.15) is 0 Å². The van der Waals surface area contributed by atoms with Crippen molar-refractivity contribution in [2.45, 2.75) is 26.3 Å². The summed E-state index contributed by atoms with van der Waals surface area (Å²) in [6.07, 6.45) is 2.32. The summed E-state index contributed by atoms with van der Waals surface area (Å²) in [6.45, 7) is 3.88. The Hall–Kier alpha value is -0.800. The Bertz CT molecular complexity index is 368. The van der Waals surface area contributed by atoms with Gasteiger partial charge in [0.2, 0.25) is 0 Å². The summed E-state index contributed by atoms with van der Waals surface area (Å²) in [5.74, 6) is 0. The maximum atomic E-state index is 5.94. The van der Waals surface area contributed by atoms with E-state index >= 15 is 0 Å². The number of nitrogens with one attached hydrogen (secondary N) is 1. The average Bonchev–Trinajstić information content (AvgIpc) is 2.29. The Morgan fingerprint density at radius 1 is 1.47 bits per heavy atom. The van der Waals surface area contributed by atoms with Gasteiger partial charge < -0.3 is 10.2 Å². The summed E-state index contributed by atoms with van der Waals surface area (Å²) < 4.78 is 0. The maximum absolute atomic E-state index is 5.94. The Kier molecular flexibility index (Phi) is 6.30. The van der Waals surface area contributed by atoms with Gasteiger partial charge in [-0.25, -0.2) is 0 Å². The van der Waals surface area contributed by atoms with E-state index in [9.17, 15) is 0 Å². The van der Waals surface area contributed by atoms with Gasteiger partial charge in [0, 0.05) is 25.2 Å². The highest BCUT2D eigenvalue weighted by Gasteiger charge is 2.04. The van der Waals surface area contributed by atoms with E-state index in [0.29, 0.717) is 0 Å². The molecule has 0 radical (unpaired) electrons. The summed E-state index contributed by atoms with van der Waals surface area (Å²) >= 11 is 11.2. The molecule has 0 aliphatic heterocycles. The zero-order chi connectivity index (χ0) is 12.7. The summed E-state index contributed by atoms with van der Waals surface area (Å²) in [5.41, 5.74) is 1.17. The number of unbranched alkanes of at least 4 members (excludes halogenated alkanes) is 1. The SMILES string of the molecule is CCCCNC(=S)N(C)Cc1cccc(Cl)c1. The van der Waals surface area contributed by atoms with Crippen molar-refractivity contribution in [3.8, 4) is 0 Å². The zero-order valence-electron chi connectivity index (χ0n) is 10.4. The summed E-state index contributed by atoms with van der Waals surface area (Å²) in [6, 6.07) is 7.85. The molecule has 0 aliphatic carbocycles. The van der Waals surface area contributed by atoms with E-state index in [4.69, 9.17) is 23.8 Å². The van der Waals surface area contributed by atoms with Crippen LogP contribution in [0, 0.1) is 0 Å². The van der Waals surface area contributed by atoms with Gasteiger partial charge in [-0.2, -0.15) is 0 Å². The van der Waals surface area contributed by atoms with Crippen molar-refractivity contribution < 1.29 is 0 Å². The minimum absolute atomic E-state index is 0.765. The summed E-state index contributed by atoms with van der Waals surface area (Å²) in [5, 5.41) is 4.80. The molecule has 0 saturated heterocycles. The zero-order valence-corrected chi connectivity index (χ0v) is 11.9. The quantitative estimate of drug-likeness (QED) is 0.652. The lowest BCUT2D eigenvalue weighted by Gasteiger charge is -2.21. The Morgan fingerprint density at radius 3 is 2.88 bits per heavy atom. The van der Waals surface area contributed by atoms with Crippen LogP contribution in [0.3, 0.4) is 0 Å². The van der Waals surface area contributed by atoms with Crippen molar-refractivity contribution in [2.75, 3.05) is 13.6 Å². The second-order valence-electron chi connectivity index (χ2n) is 4.07. The third-order valence-electron chi connectivity index (χ3n) is 2.46. The third kappa shape index (κ3) is 5.37. The number of nitrogens with zero attached hydrogens (tertiary/aromatic N) is 1. The van der Waals surface area contributed by atoms with Crippen LogP contribution in [-0.4, -0.2) is 23.6 Å². The molecule has 0 atom stereocenters. The van der Waals surface area contributed by atoms with E-state index in [1.165, 1.54) is 12.0 Å². The lowest BCUT2D eigenvalue weighted by molar-refractivity contribution is 0.487. The lowest BCUT2D eigenvalue weighted by atomic mass is 10.2. The van der Waals surface area contributed by atoms with Crippen LogP contribution in [-0.2, 0) is 6.54 Å². The molecular weight excluding hydrogens is 252 g/mol. The van der Waals surface area contributed by atoms with Gasteiger partial charge in [-0.05, 0) is 36.3 Å². The molecule has 0 unspecified atom stereocenters. The number of hydrogen-bond acceptors (Lipinski definition) is 1. The van der Waals surface area contributed by atoms with Crippen LogP contribution in [0.2, 0.25) is 5.02 Å². The first kappa shape index (κ1) is 14.3. The van der Waals surface area contributed by atoms with Crippen molar-refractivity contribution >= 4 is 28.9 Å². The molecule has 4 heteroatoms. The fourth-order valence-corrected chi connectivity index (χ4v) is 1.87. The fourth-order valence-electron chi connectivity index (χ4n) is 1.49. The lowest BCUT2D eigenvalue weighted by Crippen LogP contribution is -2.36. The number of thiocarbonyl (C=S) groups is 1. The number of rotatable bonds is 5. The minimum Gasteiger partial charge on any atom is -0.363 e. The molecule has 1 aromatic carbocycles. The first-order valence-electron chi connectivity index (χ1n) is 5.87. The van der Waals surface area contributed by atoms with Crippen molar-refractivity contribution in [3.05, 3.63) is 34.9 Å². The molecule has 0 saturated carbocycles. The van der Waals surface area contributed by atoms with E-state index in [0.717, 1.165) is 29.6 Å². The van der Waals surface area contributed by atoms with Crippen LogP contribution >= 0.6 is 23.8 Å². The Balaban J connectivity index is 2.43. The van der Waals surface area contributed by atoms with Gasteiger partial charge in [0.25, 0.3) is 0 Å². The first-order chi connectivity index (χ1) is 8.13. The monoisotopic (exact) mass is 270 g/mol. The molecule has 1 rings (SSSR count). The Labute approximate surface area is 114 Å². The maximum Gasteiger partial charge on any atom is 0.168 e. The predicted octanol–water partition coefficient (Wildman–Crippen LogP) is 3.45. The molecule has 17 heavy (non-hydrogen) atoms. The molecule has 0 bridgehead atoms. The molecular formula is C13H19ClN2S. The van der Waals surface area contributed by atoms with E-state index in [1.54, 1.807) is 0 Å². The van der Waals surface area contributed by atoms with E-state index in [-0.39, 0.29) is 0 Å². The average molecular weight is 271 g/mol. The molecule has 1 N–H and O–H groups in total. The fraction of sp³-hybridized carbons (Fsp3) is 0.462. The van der Waals surface area contributed by atoms with Crippen LogP contribution in [0.25, 0.3) is 0 Å². The highest BCUT2D eigenvalue weighted by Crippen LogP contribution is 2.12.